The Bertz CT molecular complexity index is 638. The van der Waals surface area contributed by atoms with E-state index in [1.54, 1.807) is 10.9 Å². The van der Waals surface area contributed by atoms with E-state index in [9.17, 15) is 4.79 Å². The third kappa shape index (κ3) is 3.71. The van der Waals surface area contributed by atoms with Gasteiger partial charge in [-0.25, -0.2) is 4.68 Å². The molecule has 0 saturated heterocycles. The first-order chi connectivity index (χ1) is 10.0. The molecule has 0 saturated carbocycles. The molecule has 0 aliphatic carbocycles. The van der Waals surface area contributed by atoms with Crippen LogP contribution in [0.4, 0.5) is 0 Å². The minimum absolute atomic E-state index is 0.117. The van der Waals surface area contributed by atoms with E-state index in [0.29, 0.717) is 18.7 Å². The molecule has 0 spiro atoms. The summed E-state index contributed by atoms with van der Waals surface area (Å²) in [5.74, 6) is 0.142. The zero-order valence-electron chi connectivity index (χ0n) is 12.1. The predicted octanol–water partition coefficient (Wildman–Crippen LogP) is 2.27. The van der Waals surface area contributed by atoms with Gasteiger partial charge in [0.1, 0.15) is 0 Å². The smallest absolute Gasteiger partial charge is 0.254 e. The second-order valence-electron chi connectivity index (χ2n) is 5.09. The van der Waals surface area contributed by atoms with Gasteiger partial charge in [0.05, 0.1) is 23.1 Å². The highest BCUT2D eigenvalue weighted by Crippen LogP contribution is 2.18. The van der Waals surface area contributed by atoms with Crippen LogP contribution in [-0.4, -0.2) is 28.8 Å². The molecule has 1 unspecified atom stereocenters. The van der Waals surface area contributed by atoms with E-state index in [1.807, 2.05) is 38.1 Å². The molecule has 0 aliphatic heterocycles. The highest BCUT2D eigenvalue weighted by molar-refractivity contribution is 9.10. The van der Waals surface area contributed by atoms with E-state index in [1.165, 1.54) is 0 Å². The minimum atomic E-state index is -0.117. The van der Waals surface area contributed by atoms with Gasteiger partial charge in [0.25, 0.3) is 5.91 Å². The Morgan fingerprint density at radius 1 is 1.52 bits per heavy atom. The van der Waals surface area contributed by atoms with Crippen molar-refractivity contribution in [2.24, 2.45) is 11.7 Å². The predicted molar refractivity (Wildman–Crippen MR) is 86.6 cm³/mol. The summed E-state index contributed by atoms with van der Waals surface area (Å²) in [4.78, 5) is 12.2. The Kier molecular flexibility index (Phi) is 5.14. The van der Waals surface area contributed by atoms with Gasteiger partial charge in [-0.3, -0.25) is 4.79 Å². The summed E-state index contributed by atoms with van der Waals surface area (Å²) in [5.41, 5.74) is 7.86. The molecule has 1 heterocycles. The zero-order chi connectivity index (χ0) is 15.4. The number of halogens is 1. The fraction of sp³-hybridized carbons (Fsp3) is 0.333. The van der Waals surface area contributed by atoms with Gasteiger partial charge in [-0.15, -0.1) is 0 Å². The average molecular weight is 351 g/mol. The van der Waals surface area contributed by atoms with E-state index >= 15 is 0 Å². The number of benzene rings is 1. The first-order valence-electron chi connectivity index (χ1n) is 6.81. The van der Waals surface area contributed by atoms with Crippen LogP contribution in [0, 0.1) is 12.8 Å². The third-order valence-electron chi connectivity index (χ3n) is 3.32. The number of amides is 1. The molecule has 3 N–H and O–H groups in total. The fourth-order valence-electron chi connectivity index (χ4n) is 1.95. The van der Waals surface area contributed by atoms with E-state index in [2.05, 4.69) is 26.3 Å². The van der Waals surface area contributed by atoms with Crippen LogP contribution in [0.3, 0.4) is 0 Å². The molecule has 2 rings (SSSR count). The molecule has 2 aromatic rings. The second kappa shape index (κ2) is 6.87. The van der Waals surface area contributed by atoms with Gasteiger partial charge >= 0.3 is 0 Å². The van der Waals surface area contributed by atoms with Crippen molar-refractivity contribution in [3.05, 3.63) is 46.2 Å². The van der Waals surface area contributed by atoms with Gasteiger partial charge in [0.2, 0.25) is 0 Å². The molecule has 0 bridgehead atoms. The lowest BCUT2D eigenvalue weighted by Crippen LogP contribution is -2.31. The molecule has 0 fully saturated rings. The van der Waals surface area contributed by atoms with Crippen LogP contribution in [0.5, 0.6) is 0 Å². The maximum atomic E-state index is 12.2. The van der Waals surface area contributed by atoms with Crippen LogP contribution in [0.25, 0.3) is 5.69 Å². The number of aromatic nitrogens is 2. The largest absolute Gasteiger partial charge is 0.352 e. The SMILES string of the molecule is Cc1c(C(=O)NCC(C)CN)cnn1-c1cccc(Br)c1. The van der Waals surface area contributed by atoms with Crippen molar-refractivity contribution in [3.63, 3.8) is 0 Å². The van der Waals surface area contributed by atoms with Crippen molar-refractivity contribution in [3.8, 4) is 5.69 Å². The van der Waals surface area contributed by atoms with Crippen LogP contribution in [0.1, 0.15) is 23.0 Å². The first-order valence-corrected chi connectivity index (χ1v) is 7.61. The molecule has 0 radical (unpaired) electrons. The van der Waals surface area contributed by atoms with Crippen LogP contribution >= 0.6 is 15.9 Å². The van der Waals surface area contributed by atoms with E-state index in [4.69, 9.17) is 5.73 Å². The molecule has 0 aliphatic rings. The van der Waals surface area contributed by atoms with Crippen LogP contribution in [-0.2, 0) is 0 Å². The van der Waals surface area contributed by atoms with Crippen LogP contribution in [0.2, 0.25) is 0 Å². The van der Waals surface area contributed by atoms with Crippen molar-refractivity contribution in [1.82, 2.24) is 15.1 Å². The molecular weight excluding hydrogens is 332 g/mol. The number of nitrogens with zero attached hydrogens (tertiary/aromatic N) is 2. The highest BCUT2D eigenvalue weighted by atomic mass is 79.9. The van der Waals surface area contributed by atoms with Crippen molar-refractivity contribution >= 4 is 21.8 Å². The summed E-state index contributed by atoms with van der Waals surface area (Å²) in [6, 6.07) is 7.79. The zero-order valence-corrected chi connectivity index (χ0v) is 13.7. The number of hydrogen-bond acceptors (Lipinski definition) is 3. The molecule has 1 aromatic carbocycles. The summed E-state index contributed by atoms with van der Waals surface area (Å²) in [7, 11) is 0. The van der Waals surface area contributed by atoms with Crippen LogP contribution < -0.4 is 11.1 Å². The van der Waals surface area contributed by atoms with Crippen molar-refractivity contribution in [2.75, 3.05) is 13.1 Å². The second-order valence-corrected chi connectivity index (χ2v) is 6.00. The quantitative estimate of drug-likeness (QED) is 0.868. The van der Waals surface area contributed by atoms with E-state index in [-0.39, 0.29) is 11.8 Å². The lowest BCUT2D eigenvalue weighted by Gasteiger charge is -2.10. The summed E-state index contributed by atoms with van der Waals surface area (Å²) in [6.07, 6.45) is 1.60. The molecule has 6 heteroatoms. The van der Waals surface area contributed by atoms with Gasteiger partial charge in [0, 0.05) is 11.0 Å². The molecule has 1 aromatic heterocycles. The van der Waals surface area contributed by atoms with Gasteiger partial charge in [0.15, 0.2) is 0 Å². The van der Waals surface area contributed by atoms with Crippen molar-refractivity contribution < 1.29 is 4.79 Å². The number of rotatable bonds is 5. The summed E-state index contributed by atoms with van der Waals surface area (Å²) >= 11 is 3.44. The molecule has 112 valence electrons. The molecule has 21 heavy (non-hydrogen) atoms. The van der Waals surface area contributed by atoms with E-state index in [0.717, 1.165) is 15.9 Å². The standard InChI is InChI=1S/C15H19BrN4O/c1-10(7-17)8-18-15(21)14-9-19-20(11(14)2)13-5-3-4-12(16)6-13/h3-6,9-10H,7-8,17H2,1-2H3,(H,18,21). The topological polar surface area (TPSA) is 72.9 Å². The summed E-state index contributed by atoms with van der Waals surface area (Å²) in [5, 5.41) is 7.19. The summed E-state index contributed by atoms with van der Waals surface area (Å²) in [6.45, 7) is 5.00. The van der Waals surface area contributed by atoms with Crippen LogP contribution in [0.15, 0.2) is 34.9 Å². The summed E-state index contributed by atoms with van der Waals surface area (Å²) < 4.78 is 2.73. The van der Waals surface area contributed by atoms with Gasteiger partial charge in [-0.2, -0.15) is 5.10 Å². The van der Waals surface area contributed by atoms with Gasteiger partial charge in [-0.1, -0.05) is 28.9 Å². The number of nitrogens with two attached hydrogens (primary N) is 1. The van der Waals surface area contributed by atoms with Crippen molar-refractivity contribution in [1.29, 1.82) is 0 Å². The number of carbonyl (C=O) groups excluding carboxylic acids is 1. The average Bonchev–Trinajstić information content (AvgIpc) is 2.86. The fourth-order valence-corrected chi connectivity index (χ4v) is 2.33. The Morgan fingerprint density at radius 3 is 2.95 bits per heavy atom. The Labute approximate surface area is 132 Å². The molecule has 1 atom stereocenters. The Balaban J connectivity index is 2.19. The van der Waals surface area contributed by atoms with E-state index < -0.39 is 0 Å². The number of carbonyl (C=O) groups is 1. The third-order valence-corrected chi connectivity index (χ3v) is 3.81. The normalized spacial score (nSPS) is 12.2. The first kappa shape index (κ1) is 15.7. The molecule has 1 amide bonds. The van der Waals surface area contributed by atoms with Gasteiger partial charge in [-0.05, 0) is 37.6 Å². The Morgan fingerprint density at radius 2 is 2.29 bits per heavy atom. The monoisotopic (exact) mass is 350 g/mol. The number of nitrogens with one attached hydrogen (secondary N) is 1. The lowest BCUT2D eigenvalue weighted by atomic mass is 10.1. The lowest BCUT2D eigenvalue weighted by molar-refractivity contribution is 0.0948. The van der Waals surface area contributed by atoms with Gasteiger partial charge < -0.3 is 11.1 Å². The Hall–Kier alpha value is -1.66. The highest BCUT2D eigenvalue weighted by Gasteiger charge is 2.15. The molecular formula is C15H19BrN4O. The maximum Gasteiger partial charge on any atom is 0.254 e. The minimum Gasteiger partial charge on any atom is -0.352 e. The maximum absolute atomic E-state index is 12.2. The number of hydrogen-bond donors (Lipinski definition) is 2. The molecule has 5 nitrogen and oxygen atoms in total. The van der Waals surface area contributed by atoms with Crippen molar-refractivity contribution in [2.45, 2.75) is 13.8 Å².